The normalized spacial score (nSPS) is 23.4. The minimum absolute atomic E-state index is 0.143. The maximum atomic E-state index is 5.45. The largest absolute Gasteiger partial charge is 0.351 e. The van der Waals surface area contributed by atoms with Crippen molar-refractivity contribution in [3.63, 3.8) is 0 Å². The summed E-state index contributed by atoms with van der Waals surface area (Å²) in [5, 5.41) is 0. The lowest BCUT2D eigenvalue weighted by Gasteiger charge is -2.34. The van der Waals surface area contributed by atoms with Gasteiger partial charge in [0.2, 0.25) is 5.79 Å². The highest BCUT2D eigenvalue weighted by atomic mass is 17.2. The Kier molecular flexibility index (Phi) is 4.85. The molecule has 0 bridgehead atoms. The van der Waals surface area contributed by atoms with Crippen LogP contribution in [0.25, 0.3) is 0 Å². The van der Waals surface area contributed by atoms with Crippen LogP contribution in [0.1, 0.15) is 52.4 Å². The van der Waals surface area contributed by atoms with Crippen LogP contribution >= 0.6 is 0 Å². The van der Waals surface area contributed by atoms with E-state index in [-0.39, 0.29) is 6.10 Å². The smallest absolute Gasteiger partial charge is 0.201 e. The standard InChI is InChI=1S/C11H22O3/c1-4-10(2)13-14-11(12-3)8-6-5-7-9-11/h10H,4-9H2,1-3H3. The molecule has 0 spiro atoms. The second-order valence-electron chi connectivity index (χ2n) is 4.07. The summed E-state index contributed by atoms with van der Waals surface area (Å²) in [6.45, 7) is 4.08. The summed E-state index contributed by atoms with van der Waals surface area (Å²) in [5.41, 5.74) is 0. The van der Waals surface area contributed by atoms with Crippen LogP contribution in [-0.4, -0.2) is 19.0 Å². The van der Waals surface area contributed by atoms with Crippen molar-refractivity contribution in [2.75, 3.05) is 7.11 Å². The summed E-state index contributed by atoms with van der Waals surface area (Å²) < 4.78 is 5.43. The number of methoxy groups -OCH3 is 1. The van der Waals surface area contributed by atoms with Crippen LogP contribution in [0.2, 0.25) is 0 Å². The predicted octanol–water partition coefficient (Wildman–Crippen LogP) is 3.04. The molecule has 0 aromatic heterocycles. The Hall–Kier alpha value is -0.120. The van der Waals surface area contributed by atoms with Gasteiger partial charge in [0.15, 0.2) is 0 Å². The molecule has 0 aliphatic heterocycles. The third kappa shape index (κ3) is 3.23. The molecule has 1 aliphatic rings. The Labute approximate surface area is 86.7 Å². The molecule has 0 aromatic rings. The molecule has 0 N–H and O–H groups in total. The van der Waals surface area contributed by atoms with Gasteiger partial charge in [0.25, 0.3) is 0 Å². The summed E-state index contributed by atoms with van der Waals surface area (Å²) in [5.74, 6) is -0.471. The zero-order valence-corrected chi connectivity index (χ0v) is 9.54. The molecule has 0 aromatic carbocycles. The van der Waals surface area contributed by atoms with Gasteiger partial charge in [0.1, 0.15) is 0 Å². The van der Waals surface area contributed by atoms with Crippen molar-refractivity contribution >= 4 is 0 Å². The fourth-order valence-electron chi connectivity index (χ4n) is 1.65. The van der Waals surface area contributed by atoms with Gasteiger partial charge < -0.3 is 4.74 Å². The molecule has 1 fully saturated rings. The van der Waals surface area contributed by atoms with E-state index in [2.05, 4.69) is 6.92 Å². The first-order valence-electron chi connectivity index (χ1n) is 5.62. The van der Waals surface area contributed by atoms with Crippen LogP contribution in [0.5, 0.6) is 0 Å². The van der Waals surface area contributed by atoms with Crippen molar-refractivity contribution in [2.24, 2.45) is 0 Å². The van der Waals surface area contributed by atoms with Crippen LogP contribution in [0.3, 0.4) is 0 Å². The summed E-state index contributed by atoms with van der Waals surface area (Å²) >= 11 is 0. The molecular weight excluding hydrogens is 180 g/mol. The van der Waals surface area contributed by atoms with E-state index < -0.39 is 5.79 Å². The zero-order chi connectivity index (χ0) is 10.4. The number of hydrogen-bond acceptors (Lipinski definition) is 3. The lowest BCUT2D eigenvalue weighted by atomic mass is 9.94. The summed E-state index contributed by atoms with van der Waals surface area (Å²) in [6, 6.07) is 0. The molecule has 14 heavy (non-hydrogen) atoms. The lowest BCUT2D eigenvalue weighted by molar-refractivity contribution is -0.445. The Morgan fingerprint density at radius 1 is 1.21 bits per heavy atom. The summed E-state index contributed by atoms with van der Waals surface area (Å²) in [4.78, 5) is 10.8. The van der Waals surface area contributed by atoms with Crippen LogP contribution in [0, 0.1) is 0 Å². The van der Waals surface area contributed by atoms with E-state index in [0.29, 0.717) is 0 Å². The van der Waals surface area contributed by atoms with E-state index >= 15 is 0 Å². The lowest BCUT2D eigenvalue weighted by Crippen LogP contribution is -2.38. The number of ether oxygens (including phenoxy) is 1. The van der Waals surface area contributed by atoms with Crippen LogP contribution in [-0.2, 0) is 14.5 Å². The molecule has 1 unspecified atom stereocenters. The third-order valence-electron chi connectivity index (χ3n) is 2.93. The first-order valence-corrected chi connectivity index (χ1v) is 5.62. The van der Waals surface area contributed by atoms with Gasteiger partial charge in [-0.25, -0.2) is 9.78 Å². The van der Waals surface area contributed by atoms with E-state index in [1.165, 1.54) is 6.42 Å². The Bertz CT molecular complexity index is 153. The van der Waals surface area contributed by atoms with Crippen molar-refractivity contribution in [2.45, 2.75) is 64.3 Å². The SMILES string of the molecule is CCC(C)OOC1(OC)CCCCC1. The summed E-state index contributed by atoms with van der Waals surface area (Å²) in [7, 11) is 1.70. The Balaban J connectivity index is 2.36. The fraction of sp³-hybridized carbons (Fsp3) is 1.00. The first kappa shape index (κ1) is 12.0. The van der Waals surface area contributed by atoms with Gasteiger partial charge in [-0.05, 0) is 26.2 Å². The minimum Gasteiger partial charge on any atom is -0.351 e. The predicted molar refractivity (Wildman–Crippen MR) is 54.7 cm³/mol. The Morgan fingerprint density at radius 2 is 1.86 bits per heavy atom. The molecular formula is C11H22O3. The Morgan fingerprint density at radius 3 is 2.36 bits per heavy atom. The van der Waals surface area contributed by atoms with Crippen molar-refractivity contribution in [1.29, 1.82) is 0 Å². The van der Waals surface area contributed by atoms with E-state index in [9.17, 15) is 0 Å². The molecule has 1 atom stereocenters. The van der Waals surface area contributed by atoms with Crippen molar-refractivity contribution in [3.05, 3.63) is 0 Å². The highest BCUT2D eigenvalue weighted by molar-refractivity contribution is 4.73. The number of hydrogen-bond donors (Lipinski definition) is 0. The van der Waals surface area contributed by atoms with Gasteiger partial charge >= 0.3 is 0 Å². The van der Waals surface area contributed by atoms with Gasteiger partial charge in [-0.3, -0.25) is 0 Å². The molecule has 0 radical (unpaired) electrons. The van der Waals surface area contributed by atoms with Gasteiger partial charge in [0, 0.05) is 20.0 Å². The van der Waals surface area contributed by atoms with E-state index in [0.717, 1.165) is 32.1 Å². The molecule has 1 aliphatic carbocycles. The molecule has 3 nitrogen and oxygen atoms in total. The molecule has 1 saturated carbocycles. The van der Waals surface area contributed by atoms with Gasteiger partial charge in [-0.15, -0.1) is 0 Å². The quantitative estimate of drug-likeness (QED) is 0.389. The average Bonchev–Trinajstić information content (AvgIpc) is 2.27. The maximum absolute atomic E-state index is 5.45. The third-order valence-corrected chi connectivity index (χ3v) is 2.93. The van der Waals surface area contributed by atoms with E-state index in [1.807, 2.05) is 6.92 Å². The molecule has 3 heteroatoms. The highest BCUT2D eigenvalue weighted by Gasteiger charge is 2.34. The monoisotopic (exact) mass is 202 g/mol. The molecule has 0 amide bonds. The maximum Gasteiger partial charge on any atom is 0.201 e. The summed E-state index contributed by atoms with van der Waals surface area (Å²) in [6.07, 6.45) is 6.59. The molecule has 0 heterocycles. The van der Waals surface area contributed by atoms with Crippen LogP contribution in [0.4, 0.5) is 0 Å². The highest BCUT2D eigenvalue weighted by Crippen LogP contribution is 2.32. The molecule has 84 valence electrons. The van der Waals surface area contributed by atoms with Crippen LogP contribution in [0.15, 0.2) is 0 Å². The van der Waals surface area contributed by atoms with Crippen molar-refractivity contribution in [3.8, 4) is 0 Å². The number of rotatable bonds is 5. The molecule has 1 rings (SSSR count). The van der Waals surface area contributed by atoms with Crippen molar-refractivity contribution in [1.82, 2.24) is 0 Å². The second kappa shape index (κ2) is 5.69. The molecule has 0 saturated heterocycles. The van der Waals surface area contributed by atoms with Crippen molar-refractivity contribution < 1.29 is 14.5 Å². The van der Waals surface area contributed by atoms with E-state index in [4.69, 9.17) is 14.5 Å². The van der Waals surface area contributed by atoms with E-state index in [1.54, 1.807) is 7.11 Å². The zero-order valence-electron chi connectivity index (χ0n) is 9.54. The van der Waals surface area contributed by atoms with Crippen LogP contribution < -0.4 is 0 Å². The second-order valence-corrected chi connectivity index (χ2v) is 4.07. The fourth-order valence-corrected chi connectivity index (χ4v) is 1.65. The van der Waals surface area contributed by atoms with Gasteiger partial charge in [-0.1, -0.05) is 13.3 Å². The first-order chi connectivity index (χ1) is 6.72. The van der Waals surface area contributed by atoms with Gasteiger partial charge in [-0.2, -0.15) is 0 Å². The van der Waals surface area contributed by atoms with Gasteiger partial charge in [0.05, 0.1) is 6.10 Å². The topological polar surface area (TPSA) is 27.7 Å². The average molecular weight is 202 g/mol. The minimum atomic E-state index is -0.471.